The highest BCUT2D eigenvalue weighted by Crippen LogP contribution is 2.12. The first-order valence-corrected chi connectivity index (χ1v) is 4.40. The lowest BCUT2D eigenvalue weighted by Gasteiger charge is -2.07. The molecule has 70 valence electrons. The lowest BCUT2D eigenvalue weighted by atomic mass is 10.2. The third-order valence-corrected chi connectivity index (χ3v) is 1.95. The van der Waals surface area contributed by atoms with E-state index in [0.717, 1.165) is 0 Å². The van der Waals surface area contributed by atoms with Gasteiger partial charge in [0.05, 0.1) is 12.8 Å². The Bertz CT molecular complexity index is 317. The van der Waals surface area contributed by atoms with E-state index < -0.39 is 12.0 Å². The molecule has 1 rings (SSSR count). The molecule has 0 saturated heterocycles. The Kier molecular flexibility index (Phi) is 3.39. The quantitative estimate of drug-likeness (QED) is 0.624. The maximum absolute atomic E-state index is 11.0. The molecule has 1 heterocycles. The highest BCUT2D eigenvalue weighted by atomic mass is 79.9. The predicted octanol–water partition coefficient (Wildman–Crippen LogP) is 1.02. The van der Waals surface area contributed by atoms with E-state index in [4.69, 9.17) is 5.73 Å². The van der Waals surface area contributed by atoms with Crippen LogP contribution in [0.2, 0.25) is 0 Å². The molecule has 0 amide bonds. The third-order valence-electron chi connectivity index (χ3n) is 1.51. The molecule has 1 aromatic heterocycles. The van der Waals surface area contributed by atoms with E-state index in [1.54, 1.807) is 18.2 Å². The summed E-state index contributed by atoms with van der Waals surface area (Å²) in [6, 6.07) is 4.37. The van der Waals surface area contributed by atoms with Crippen LogP contribution in [0.15, 0.2) is 22.8 Å². The molecule has 0 radical (unpaired) electrons. The second-order valence-electron chi connectivity index (χ2n) is 2.39. The van der Waals surface area contributed by atoms with Gasteiger partial charge in [0.2, 0.25) is 0 Å². The molecule has 0 saturated carbocycles. The summed E-state index contributed by atoms with van der Waals surface area (Å²) < 4.78 is 5.13. The molecule has 0 aliphatic rings. The number of carbonyl (C=O) groups excluding carboxylic acids is 1. The molecule has 1 atom stereocenters. The smallest absolute Gasteiger partial charge is 0.328 e. The van der Waals surface area contributed by atoms with E-state index in [1.807, 2.05) is 0 Å². The number of hydrogen-bond acceptors (Lipinski definition) is 4. The Labute approximate surface area is 84.2 Å². The molecule has 0 spiro atoms. The molecule has 0 aliphatic heterocycles. The fraction of sp³-hybridized carbons (Fsp3) is 0.250. The zero-order chi connectivity index (χ0) is 9.84. The van der Waals surface area contributed by atoms with Gasteiger partial charge < -0.3 is 10.5 Å². The van der Waals surface area contributed by atoms with E-state index in [0.29, 0.717) is 10.3 Å². The van der Waals surface area contributed by atoms with Crippen LogP contribution >= 0.6 is 15.9 Å². The number of esters is 1. The first kappa shape index (κ1) is 10.1. The molecule has 5 heteroatoms. The molecule has 0 aromatic carbocycles. The molecular formula is C8H9BrN2O2. The van der Waals surface area contributed by atoms with Gasteiger partial charge in [-0.2, -0.15) is 0 Å². The SMILES string of the molecule is COC(=O)[C@@H](N)c1cccc(Br)n1. The zero-order valence-electron chi connectivity index (χ0n) is 7.03. The van der Waals surface area contributed by atoms with Gasteiger partial charge in [-0.1, -0.05) is 6.07 Å². The second kappa shape index (κ2) is 4.34. The summed E-state index contributed by atoms with van der Waals surface area (Å²) in [7, 11) is 1.29. The van der Waals surface area contributed by atoms with E-state index in [9.17, 15) is 4.79 Å². The van der Waals surface area contributed by atoms with Crippen LogP contribution < -0.4 is 5.73 Å². The van der Waals surface area contributed by atoms with Gasteiger partial charge in [-0.15, -0.1) is 0 Å². The molecule has 0 fully saturated rings. The van der Waals surface area contributed by atoms with E-state index in [2.05, 4.69) is 25.7 Å². The van der Waals surface area contributed by atoms with Crippen LogP contribution in [0.1, 0.15) is 11.7 Å². The molecule has 1 aromatic rings. The number of halogens is 1. The van der Waals surface area contributed by atoms with Gasteiger partial charge in [-0.05, 0) is 28.1 Å². The van der Waals surface area contributed by atoms with E-state index >= 15 is 0 Å². The summed E-state index contributed by atoms with van der Waals surface area (Å²) in [5, 5.41) is 0. The summed E-state index contributed by atoms with van der Waals surface area (Å²) in [6.07, 6.45) is 0. The highest BCUT2D eigenvalue weighted by Gasteiger charge is 2.17. The predicted molar refractivity (Wildman–Crippen MR) is 50.9 cm³/mol. The fourth-order valence-corrected chi connectivity index (χ4v) is 1.20. The zero-order valence-corrected chi connectivity index (χ0v) is 8.61. The number of pyridine rings is 1. The minimum absolute atomic E-state index is 0.487. The standard InChI is InChI=1S/C8H9BrN2O2/c1-13-8(12)7(10)5-3-2-4-6(9)11-5/h2-4,7H,10H2,1H3/t7-/m0/s1. The average Bonchev–Trinajstić information content (AvgIpc) is 2.15. The number of rotatable bonds is 2. The van der Waals surface area contributed by atoms with Crippen molar-refractivity contribution in [1.82, 2.24) is 4.98 Å². The van der Waals surface area contributed by atoms with E-state index in [1.165, 1.54) is 7.11 Å². The fourth-order valence-electron chi connectivity index (χ4n) is 0.845. The molecule has 0 bridgehead atoms. The highest BCUT2D eigenvalue weighted by molar-refractivity contribution is 9.10. The van der Waals surface area contributed by atoms with Crippen molar-refractivity contribution in [2.24, 2.45) is 5.73 Å². The number of carbonyl (C=O) groups is 1. The van der Waals surface area contributed by atoms with Gasteiger partial charge in [0.1, 0.15) is 10.6 Å². The summed E-state index contributed by atoms with van der Waals surface area (Å²) in [6.45, 7) is 0. The first-order valence-electron chi connectivity index (χ1n) is 3.61. The molecule has 2 N–H and O–H groups in total. The lowest BCUT2D eigenvalue weighted by Crippen LogP contribution is -2.23. The van der Waals surface area contributed by atoms with Crippen LogP contribution in [0.25, 0.3) is 0 Å². The maximum Gasteiger partial charge on any atom is 0.328 e. The summed E-state index contributed by atoms with van der Waals surface area (Å²) in [5.41, 5.74) is 6.05. The number of nitrogens with two attached hydrogens (primary N) is 1. The number of aromatic nitrogens is 1. The van der Waals surface area contributed by atoms with Crippen LogP contribution in [0.5, 0.6) is 0 Å². The van der Waals surface area contributed by atoms with Crippen molar-refractivity contribution in [1.29, 1.82) is 0 Å². The third kappa shape index (κ3) is 2.50. The van der Waals surface area contributed by atoms with Crippen molar-refractivity contribution in [2.45, 2.75) is 6.04 Å². The molecule has 0 unspecified atom stereocenters. The number of nitrogens with zero attached hydrogens (tertiary/aromatic N) is 1. The Hall–Kier alpha value is -0.940. The van der Waals surface area contributed by atoms with E-state index in [-0.39, 0.29) is 0 Å². The second-order valence-corrected chi connectivity index (χ2v) is 3.20. The summed E-state index contributed by atoms with van der Waals surface area (Å²) in [5.74, 6) is -0.495. The normalized spacial score (nSPS) is 12.2. The van der Waals surface area contributed by atoms with Gasteiger partial charge in [0.15, 0.2) is 0 Å². The summed E-state index contributed by atoms with van der Waals surface area (Å²) >= 11 is 3.18. The first-order chi connectivity index (χ1) is 6.15. The van der Waals surface area contributed by atoms with Crippen LogP contribution in [-0.2, 0) is 9.53 Å². The van der Waals surface area contributed by atoms with Crippen LogP contribution in [0, 0.1) is 0 Å². The van der Waals surface area contributed by atoms with Crippen LogP contribution in [-0.4, -0.2) is 18.1 Å². The Morgan fingerprint density at radius 1 is 1.69 bits per heavy atom. The van der Waals surface area contributed by atoms with Crippen molar-refractivity contribution >= 4 is 21.9 Å². The Balaban J connectivity index is 2.88. The van der Waals surface area contributed by atoms with Gasteiger partial charge in [-0.3, -0.25) is 0 Å². The molecule has 4 nitrogen and oxygen atoms in total. The molecule has 0 aliphatic carbocycles. The lowest BCUT2D eigenvalue weighted by molar-refractivity contribution is -0.142. The van der Waals surface area contributed by atoms with Crippen molar-refractivity contribution in [3.63, 3.8) is 0 Å². The topological polar surface area (TPSA) is 65.2 Å². The van der Waals surface area contributed by atoms with Crippen molar-refractivity contribution in [2.75, 3.05) is 7.11 Å². The number of hydrogen-bond donors (Lipinski definition) is 1. The maximum atomic E-state index is 11.0. The van der Waals surface area contributed by atoms with Gasteiger partial charge in [0.25, 0.3) is 0 Å². The monoisotopic (exact) mass is 244 g/mol. The van der Waals surface area contributed by atoms with Crippen LogP contribution in [0.3, 0.4) is 0 Å². The van der Waals surface area contributed by atoms with Crippen LogP contribution in [0.4, 0.5) is 0 Å². The average molecular weight is 245 g/mol. The minimum atomic E-state index is -0.817. The van der Waals surface area contributed by atoms with Crippen molar-refractivity contribution < 1.29 is 9.53 Å². The van der Waals surface area contributed by atoms with Gasteiger partial charge >= 0.3 is 5.97 Å². The summed E-state index contributed by atoms with van der Waals surface area (Å²) in [4.78, 5) is 15.1. The Morgan fingerprint density at radius 3 is 2.92 bits per heavy atom. The van der Waals surface area contributed by atoms with Crippen molar-refractivity contribution in [3.05, 3.63) is 28.5 Å². The minimum Gasteiger partial charge on any atom is -0.468 e. The van der Waals surface area contributed by atoms with Gasteiger partial charge in [0, 0.05) is 0 Å². The Morgan fingerprint density at radius 2 is 2.38 bits per heavy atom. The molecular weight excluding hydrogens is 236 g/mol. The number of methoxy groups -OCH3 is 1. The van der Waals surface area contributed by atoms with Crippen molar-refractivity contribution in [3.8, 4) is 0 Å². The number of ether oxygens (including phenoxy) is 1. The largest absolute Gasteiger partial charge is 0.468 e. The van der Waals surface area contributed by atoms with Gasteiger partial charge in [-0.25, -0.2) is 9.78 Å². The molecule has 13 heavy (non-hydrogen) atoms.